The van der Waals surface area contributed by atoms with E-state index in [1.54, 1.807) is 13.3 Å². The normalized spacial score (nSPS) is 13.6. The number of phenols is 1. The van der Waals surface area contributed by atoms with Gasteiger partial charge in [0.1, 0.15) is 11.5 Å². The maximum absolute atomic E-state index is 13.3. The van der Waals surface area contributed by atoms with Crippen LogP contribution in [0.15, 0.2) is 84.0 Å². The van der Waals surface area contributed by atoms with Crippen LogP contribution in [-0.4, -0.2) is 61.3 Å². The number of amides is 2. The summed E-state index contributed by atoms with van der Waals surface area (Å²) >= 11 is 5.89. The predicted molar refractivity (Wildman–Crippen MR) is 158 cm³/mol. The molecule has 0 saturated carbocycles. The van der Waals surface area contributed by atoms with Gasteiger partial charge in [-0.2, -0.15) is 5.10 Å². The summed E-state index contributed by atoms with van der Waals surface area (Å²) < 4.78 is 5.50. The zero-order valence-electron chi connectivity index (χ0n) is 22.0. The van der Waals surface area contributed by atoms with Crippen molar-refractivity contribution in [2.24, 2.45) is 5.10 Å². The van der Waals surface area contributed by atoms with E-state index in [0.717, 1.165) is 46.4 Å². The van der Waals surface area contributed by atoms with Gasteiger partial charge in [-0.05, 0) is 46.7 Å². The maximum atomic E-state index is 13.3. The topological polar surface area (TPSA) is 94.5 Å². The van der Waals surface area contributed by atoms with E-state index in [9.17, 15) is 14.7 Å². The average molecular weight is 557 g/mol. The SMILES string of the molecule is COc1ccccc1N1CCN(C(=O)Cc2ccc(C=NNC(=O)c3ccc(O)c(Cl)c3)c3ccccc23)CC1. The minimum Gasteiger partial charge on any atom is -0.506 e. The molecule has 0 bridgehead atoms. The van der Waals surface area contributed by atoms with E-state index >= 15 is 0 Å². The number of nitrogens with one attached hydrogen (secondary N) is 1. The number of anilines is 1. The fourth-order valence-corrected chi connectivity index (χ4v) is 5.07. The molecule has 2 amide bonds. The summed E-state index contributed by atoms with van der Waals surface area (Å²) in [5.41, 5.74) is 5.56. The van der Waals surface area contributed by atoms with Crippen molar-refractivity contribution < 1.29 is 19.4 Å². The molecule has 1 saturated heterocycles. The Balaban J connectivity index is 1.25. The molecule has 204 valence electrons. The summed E-state index contributed by atoms with van der Waals surface area (Å²) in [6.45, 7) is 2.77. The number of phenolic OH excluding ortho intramolecular Hbond substituents is 1. The number of benzene rings is 4. The summed E-state index contributed by atoms with van der Waals surface area (Å²) in [5, 5.41) is 15.6. The van der Waals surface area contributed by atoms with Crippen molar-refractivity contribution in [3.8, 4) is 11.5 Å². The number of hydrogen-bond donors (Lipinski definition) is 2. The highest BCUT2D eigenvalue weighted by Gasteiger charge is 2.23. The highest BCUT2D eigenvalue weighted by Crippen LogP contribution is 2.29. The minimum absolute atomic E-state index is 0.0889. The molecule has 0 aliphatic carbocycles. The van der Waals surface area contributed by atoms with Gasteiger partial charge in [0.15, 0.2) is 0 Å². The number of ether oxygens (including phenoxy) is 1. The quantitative estimate of drug-likeness (QED) is 0.250. The highest BCUT2D eigenvalue weighted by atomic mass is 35.5. The van der Waals surface area contributed by atoms with Crippen LogP contribution in [0.5, 0.6) is 11.5 Å². The molecule has 1 aliphatic heterocycles. The molecule has 0 spiro atoms. The first kappa shape index (κ1) is 27.0. The summed E-state index contributed by atoms with van der Waals surface area (Å²) in [7, 11) is 1.67. The third kappa shape index (κ3) is 5.87. The van der Waals surface area contributed by atoms with E-state index in [1.807, 2.05) is 65.6 Å². The Morgan fingerprint density at radius 2 is 1.70 bits per heavy atom. The molecule has 8 nitrogen and oxygen atoms in total. The van der Waals surface area contributed by atoms with Crippen LogP contribution in [-0.2, 0) is 11.2 Å². The molecule has 1 aliphatic rings. The molecule has 4 aromatic carbocycles. The summed E-state index contributed by atoms with van der Waals surface area (Å²) in [6, 6.07) is 23.8. The minimum atomic E-state index is -0.449. The first-order chi connectivity index (χ1) is 19.4. The van der Waals surface area contributed by atoms with E-state index < -0.39 is 5.91 Å². The number of fused-ring (bicyclic) bond motifs is 1. The van der Waals surface area contributed by atoms with Crippen LogP contribution < -0.4 is 15.1 Å². The third-order valence-electron chi connectivity index (χ3n) is 7.03. The molecule has 4 aromatic rings. The molecule has 2 N–H and O–H groups in total. The second-order valence-electron chi connectivity index (χ2n) is 9.44. The van der Waals surface area contributed by atoms with Crippen LogP contribution in [0, 0.1) is 0 Å². The number of carbonyl (C=O) groups excluding carboxylic acids is 2. The van der Waals surface area contributed by atoms with Gasteiger partial charge in [0.2, 0.25) is 5.91 Å². The van der Waals surface area contributed by atoms with E-state index in [0.29, 0.717) is 19.5 Å². The van der Waals surface area contributed by atoms with Crippen LogP contribution in [0.1, 0.15) is 21.5 Å². The molecular formula is C31H29ClN4O4. The number of methoxy groups -OCH3 is 1. The number of carbonyl (C=O) groups is 2. The zero-order chi connectivity index (χ0) is 28.1. The number of hydrogen-bond acceptors (Lipinski definition) is 6. The second-order valence-corrected chi connectivity index (χ2v) is 9.85. The molecule has 9 heteroatoms. The lowest BCUT2D eigenvalue weighted by atomic mass is 9.97. The van der Waals surface area contributed by atoms with Crippen molar-refractivity contribution in [2.75, 3.05) is 38.2 Å². The second kappa shape index (κ2) is 12.1. The molecule has 0 radical (unpaired) electrons. The number of halogens is 1. The van der Waals surface area contributed by atoms with Gasteiger partial charge in [0.05, 0.1) is 30.5 Å². The Morgan fingerprint density at radius 3 is 2.45 bits per heavy atom. The number of para-hydroxylation sites is 2. The Morgan fingerprint density at radius 1 is 0.975 bits per heavy atom. The van der Waals surface area contributed by atoms with E-state index in [4.69, 9.17) is 16.3 Å². The van der Waals surface area contributed by atoms with Crippen molar-refractivity contribution >= 4 is 46.1 Å². The van der Waals surface area contributed by atoms with Gasteiger partial charge in [-0.3, -0.25) is 9.59 Å². The standard InChI is InChI=1S/C31H29ClN4O4/c1-40-29-9-5-4-8-27(29)35-14-16-36(17-15-35)30(38)19-21-10-11-23(25-7-3-2-6-24(21)25)20-33-34-31(39)22-12-13-28(37)26(32)18-22/h2-13,18,20,37H,14-17,19H2,1H3,(H,34,39). The number of piperazine rings is 1. The zero-order valence-corrected chi connectivity index (χ0v) is 22.8. The summed E-state index contributed by atoms with van der Waals surface area (Å²) in [5.74, 6) is 0.380. The molecule has 40 heavy (non-hydrogen) atoms. The number of rotatable bonds is 7. The van der Waals surface area contributed by atoms with Crippen LogP contribution in [0.2, 0.25) is 5.02 Å². The first-order valence-corrected chi connectivity index (χ1v) is 13.3. The third-order valence-corrected chi connectivity index (χ3v) is 7.33. The molecule has 0 atom stereocenters. The molecule has 1 heterocycles. The van der Waals surface area contributed by atoms with Crippen LogP contribution >= 0.6 is 11.6 Å². The monoisotopic (exact) mass is 556 g/mol. The molecule has 1 fully saturated rings. The molecule has 0 aromatic heterocycles. The van der Waals surface area contributed by atoms with Crippen molar-refractivity contribution in [3.63, 3.8) is 0 Å². The van der Waals surface area contributed by atoms with Gasteiger partial charge in [0, 0.05) is 37.3 Å². The average Bonchev–Trinajstić information content (AvgIpc) is 2.99. The Hall–Kier alpha value is -4.56. The van der Waals surface area contributed by atoms with Crippen LogP contribution in [0.25, 0.3) is 10.8 Å². The number of nitrogens with zero attached hydrogens (tertiary/aromatic N) is 3. The van der Waals surface area contributed by atoms with E-state index in [1.165, 1.54) is 18.2 Å². The van der Waals surface area contributed by atoms with Gasteiger partial charge in [-0.1, -0.05) is 60.1 Å². The van der Waals surface area contributed by atoms with Crippen LogP contribution in [0.4, 0.5) is 5.69 Å². The molecule has 0 unspecified atom stereocenters. The lowest BCUT2D eigenvalue weighted by Crippen LogP contribution is -2.49. The lowest BCUT2D eigenvalue weighted by molar-refractivity contribution is -0.130. The Labute approximate surface area is 237 Å². The van der Waals surface area contributed by atoms with Crippen molar-refractivity contribution in [1.82, 2.24) is 10.3 Å². The van der Waals surface area contributed by atoms with Gasteiger partial charge in [-0.15, -0.1) is 0 Å². The largest absolute Gasteiger partial charge is 0.506 e. The highest BCUT2D eigenvalue weighted by molar-refractivity contribution is 6.32. The summed E-state index contributed by atoms with van der Waals surface area (Å²) in [6.07, 6.45) is 1.87. The fourth-order valence-electron chi connectivity index (χ4n) is 4.89. The van der Waals surface area contributed by atoms with Gasteiger partial charge in [-0.25, -0.2) is 5.43 Å². The van der Waals surface area contributed by atoms with Crippen molar-refractivity contribution in [1.29, 1.82) is 0 Å². The van der Waals surface area contributed by atoms with Gasteiger partial charge >= 0.3 is 0 Å². The van der Waals surface area contributed by atoms with Gasteiger partial charge in [0.25, 0.3) is 5.91 Å². The van der Waals surface area contributed by atoms with Crippen molar-refractivity contribution in [2.45, 2.75) is 6.42 Å². The van der Waals surface area contributed by atoms with Crippen LogP contribution in [0.3, 0.4) is 0 Å². The fraction of sp³-hybridized carbons (Fsp3) is 0.194. The number of aromatic hydroxyl groups is 1. The Bertz CT molecular complexity index is 1580. The number of hydrazone groups is 1. The molecular weight excluding hydrogens is 528 g/mol. The van der Waals surface area contributed by atoms with E-state index in [-0.39, 0.29) is 22.2 Å². The smallest absolute Gasteiger partial charge is 0.271 e. The molecule has 5 rings (SSSR count). The summed E-state index contributed by atoms with van der Waals surface area (Å²) in [4.78, 5) is 29.8. The Kier molecular flexibility index (Phi) is 8.17. The predicted octanol–water partition coefficient (Wildman–Crippen LogP) is 4.86. The lowest BCUT2D eigenvalue weighted by Gasteiger charge is -2.36. The van der Waals surface area contributed by atoms with E-state index in [2.05, 4.69) is 15.4 Å². The van der Waals surface area contributed by atoms with Gasteiger partial charge < -0.3 is 19.6 Å². The maximum Gasteiger partial charge on any atom is 0.271 e. The van der Waals surface area contributed by atoms with Crippen molar-refractivity contribution in [3.05, 3.63) is 101 Å². The first-order valence-electron chi connectivity index (χ1n) is 12.9.